The second-order valence-electron chi connectivity index (χ2n) is 7.85. The number of sulfonamides is 1. The van der Waals surface area contributed by atoms with E-state index in [4.69, 9.17) is 15.9 Å². The lowest BCUT2D eigenvalue weighted by molar-refractivity contribution is 0.413. The number of hydrogen-bond donors (Lipinski definition) is 1. The molecule has 0 fully saturated rings. The second-order valence-corrected chi connectivity index (χ2v) is 9.53. The van der Waals surface area contributed by atoms with Crippen molar-refractivity contribution in [3.05, 3.63) is 125 Å². The SMILES string of the molecule is C#Cc1ccc(S(=O)(=O)NC(c2ccccc2)(c2ccc(OC)cc2)c2ccc(OC)cc2)cc1. The van der Waals surface area contributed by atoms with Crippen molar-refractivity contribution in [3.8, 4) is 23.8 Å². The molecule has 0 heterocycles. The lowest BCUT2D eigenvalue weighted by Gasteiger charge is -2.36. The molecule has 0 saturated carbocycles. The first-order valence-corrected chi connectivity index (χ1v) is 12.4. The van der Waals surface area contributed by atoms with Crippen molar-refractivity contribution in [2.45, 2.75) is 10.4 Å². The summed E-state index contributed by atoms with van der Waals surface area (Å²) in [7, 11) is -0.822. The van der Waals surface area contributed by atoms with Crippen molar-refractivity contribution in [3.63, 3.8) is 0 Å². The molecule has 4 aromatic carbocycles. The third kappa shape index (κ3) is 4.78. The molecule has 0 aliphatic carbocycles. The van der Waals surface area contributed by atoms with E-state index in [-0.39, 0.29) is 4.90 Å². The van der Waals surface area contributed by atoms with Crippen LogP contribution in [0, 0.1) is 12.3 Å². The lowest BCUT2D eigenvalue weighted by Crippen LogP contribution is -2.47. The van der Waals surface area contributed by atoms with Crippen LogP contribution in [-0.4, -0.2) is 22.6 Å². The molecule has 1 N–H and O–H groups in total. The van der Waals surface area contributed by atoms with Gasteiger partial charge in [0.15, 0.2) is 0 Å². The zero-order chi connectivity index (χ0) is 24.9. The molecule has 0 radical (unpaired) electrons. The van der Waals surface area contributed by atoms with Gasteiger partial charge < -0.3 is 9.47 Å². The van der Waals surface area contributed by atoms with E-state index in [9.17, 15) is 8.42 Å². The van der Waals surface area contributed by atoms with E-state index >= 15 is 0 Å². The van der Waals surface area contributed by atoms with E-state index in [0.717, 1.165) is 16.7 Å². The Morgan fingerprint density at radius 2 is 1.14 bits per heavy atom. The van der Waals surface area contributed by atoms with Gasteiger partial charge in [-0.3, -0.25) is 0 Å². The molecule has 0 aliphatic rings. The maximum atomic E-state index is 13.8. The van der Waals surface area contributed by atoms with Crippen LogP contribution >= 0.6 is 0 Å². The Morgan fingerprint density at radius 3 is 1.57 bits per heavy atom. The van der Waals surface area contributed by atoms with Crippen molar-refractivity contribution in [1.82, 2.24) is 4.72 Å². The number of nitrogens with one attached hydrogen (secondary N) is 1. The van der Waals surface area contributed by atoms with Crippen LogP contribution in [0.4, 0.5) is 0 Å². The molecule has 0 aromatic heterocycles. The molecule has 0 spiro atoms. The van der Waals surface area contributed by atoms with Gasteiger partial charge in [0.1, 0.15) is 17.0 Å². The molecule has 4 aromatic rings. The van der Waals surface area contributed by atoms with Gasteiger partial charge in [0, 0.05) is 5.56 Å². The maximum absolute atomic E-state index is 13.8. The van der Waals surface area contributed by atoms with Gasteiger partial charge in [0.05, 0.1) is 19.1 Å². The number of rotatable bonds is 8. The lowest BCUT2D eigenvalue weighted by atomic mass is 9.78. The Bertz CT molecular complexity index is 1370. The minimum absolute atomic E-state index is 0.110. The van der Waals surface area contributed by atoms with Crippen LogP contribution in [0.15, 0.2) is 108 Å². The fraction of sp³-hybridized carbons (Fsp3) is 0.103. The standard InChI is InChI=1S/C29H25NO4S/c1-4-22-10-20-28(21-11-22)35(31,32)30-29(23-8-6-5-7-9-23,24-12-16-26(33-2)17-13-24)25-14-18-27(34-3)19-15-25/h1,5-21,30H,2-3H3. The van der Waals surface area contributed by atoms with E-state index in [2.05, 4.69) is 10.6 Å². The minimum atomic E-state index is -4.00. The monoisotopic (exact) mass is 483 g/mol. The van der Waals surface area contributed by atoms with Crippen molar-refractivity contribution in [2.75, 3.05) is 14.2 Å². The molecule has 35 heavy (non-hydrogen) atoms. The Morgan fingerprint density at radius 1 is 0.686 bits per heavy atom. The highest BCUT2D eigenvalue weighted by atomic mass is 32.2. The number of benzene rings is 4. The van der Waals surface area contributed by atoms with Crippen LogP contribution in [0.5, 0.6) is 11.5 Å². The topological polar surface area (TPSA) is 64.6 Å². The molecular weight excluding hydrogens is 458 g/mol. The summed E-state index contributed by atoms with van der Waals surface area (Å²) < 4.78 is 41.3. The molecule has 0 aliphatic heterocycles. The van der Waals surface area contributed by atoms with Gasteiger partial charge in [-0.15, -0.1) is 6.42 Å². The summed E-state index contributed by atoms with van der Waals surface area (Å²) in [6.45, 7) is 0. The van der Waals surface area contributed by atoms with E-state index in [1.54, 1.807) is 26.4 Å². The van der Waals surface area contributed by atoms with Gasteiger partial charge in [0.25, 0.3) is 0 Å². The fourth-order valence-corrected chi connectivity index (χ4v) is 5.41. The first-order chi connectivity index (χ1) is 16.9. The van der Waals surface area contributed by atoms with Crippen LogP contribution in [0.2, 0.25) is 0 Å². The highest BCUT2D eigenvalue weighted by molar-refractivity contribution is 7.89. The van der Waals surface area contributed by atoms with Gasteiger partial charge >= 0.3 is 0 Å². The van der Waals surface area contributed by atoms with Crippen molar-refractivity contribution in [2.24, 2.45) is 0 Å². The van der Waals surface area contributed by atoms with Crippen LogP contribution in [0.25, 0.3) is 0 Å². The zero-order valence-corrected chi connectivity index (χ0v) is 20.3. The van der Waals surface area contributed by atoms with E-state index < -0.39 is 15.6 Å². The highest BCUT2D eigenvalue weighted by Gasteiger charge is 2.40. The van der Waals surface area contributed by atoms with E-state index in [1.165, 1.54) is 12.1 Å². The first kappa shape index (κ1) is 24.1. The summed E-state index contributed by atoms with van der Waals surface area (Å²) in [6, 6.07) is 30.4. The molecule has 4 rings (SSSR count). The molecular formula is C29H25NO4S. The largest absolute Gasteiger partial charge is 0.497 e. The third-order valence-electron chi connectivity index (χ3n) is 5.87. The normalized spacial score (nSPS) is 11.5. The molecule has 0 saturated heterocycles. The number of ether oxygens (including phenoxy) is 2. The maximum Gasteiger partial charge on any atom is 0.241 e. The highest BCUT2D eigenvalue weighted by Crippen LogP contribution is 2.39. The van der Waals surface area contributed by atoms with Crippen molar-refractivity contribution in [1.29, 1.82) is 0 Å². The fourth-order valence-electron chi connectivity index (χ4n) is 4.04. The van der Waals surface area contributed by atoms with Crippen molar-refractivity contribution < 1.29 is 17.9 Å². The molecule has 0 bridgehead atoms. The smallest absolute Gasteiger partial charge is 0.241 e. The predicted molar refractivity (Wildman–Crippen MR) is 137 cm³/mol. The van der Waals surface area contributed by atoms with Crippen LogP contribution in [-0.2, 0) is 15.6 Å². The predicted octanol–water partition coefficient (Wildman–Crippen LogP) is 4.96. The molecule has 176 valence electrons. The summed E-state index contributed by atoms with van der Waals surface area (Å²) in [5, 5.41) is 0. The first-order valence-electron chi connectivity index (χ1n) is 10.9. The van der Waals surface area contributed by atoms with Gasteiger partial charge in [-0.25, -0.2) is 8.42 Å². The molecule has 5 nitrogen and oxygen atoms in total. The number of terminal acetylenes is 1. The van der Waals surface area contributed by atoms with Gasteiger partial charge in [-0.2, -0.15) is 4.72 Å². The van der Waals surface area contributed by atoms with E-state index in [0.29, 0.717) is 17.1 Å². The minimum Gasteiger partial charge on any atom is -0.497 e. The summed E-state index contributed by atoms with van der Waals surface area (Å²) >= 11 is 0. The molecule has 0 unspecified atom stereocenters. The summed E-state index contributed by atoms with van der Waals surface area (Å²) in [5.74, 6) is 3.84. The molecule has 0 atom stereocenters. The Hall–Kier alpha value is -4.05. The molecule has 0 amide bonds. The van der Waals surface area contributed by atoms with Crippen molar-refractivity contribution >= 4 is 10.0 Å². The number of hydrogen-bond acceptors (Lipinski definition) is 4. The number of methoxy groups -OCH3 is 2. The second kappa shape index (κ2) is 10.1. The zero-order valence-electron chi connectivity index (χ0n) is 19.4. The van der Waals surface area contributed by atoms with Gasteiger partial charge in [-0.1, -0.05) is 60.5 Å². The van der Waals surface area contributed by atoms with Crippen LogP contribution in [0.1, 0.15) is 22.3 Å². The van der Waals surface area contributed by atoms with E-state index in [1.807, 2.05) is 78.9 Å². The summed E-state index contributed by atoms with van der Waals surface area (Å²) in [6.07, 6.45) is 5.45. The summed E-state index contributed by atoms with van der Waals surface area (Å²) in [5.41, 5.74) is 1.54. The Labute approximate surface area is 206 Å². The van der Waals surface area contributed by atoms with Gasteiger partial charge in [0.2, 0.25) is 10.0 Å². The quantitative estimate of drug-likeness (QED) is 0.284. The average Bonchev–Trinajstić information content (AvgIpc) is 2.92. The third-order valence-corrected chi connectivity index (χ3v) is 7.34. The van der Waals surface area contributed by atoms with Gasteiger partial charge in [-0.05, 0) is 65.2 Å². The Kier molecular flexibility index (Phi) is 6.92. The molecule has 6 heteroatoms. The van der Waals surface area contributed by atoms with Crippen LogP contribution in [0.3, 0.4) is 0 Å². The average molecular weight is 484 g/mol. The summed E-state index contributed by atoms with van der Waals surface area (Å²) in [4.78, 5) is 0.110. The van der Waals surface area contributed by atoms with Crippen LogP contribution < -0.4 is 14.2 Å². The Balaban J connectivity index is 1.98.